The van der Waals surface area contributed by atoms with Gasteiger partial charge in [-0.05, 0) is 41.0 Å². The zero-order valence-electron chi connectivity index (χ0n) is 17.3. The van der Waals surface area contributed by atoms with Gasteiger partial charge in [-0.1, -0.05) is 60.7 Å². The third-order valence-electron chi connectivity index (χ3n) is 5.47. The average molecular weight is 420 g/mol. The molecular weight excluding hydrogens is 400 g/mol. The third-order valence-corrected chi connectivity index (χ3v) is 5.47. The minimum atomic E-state index is -0.517. The fourth-order valence-corrected chi connectivity index (χ4v) is 3.79. The second-order valence-electron chi connectivity index (χ2n) is 7.61. The normalized spacial score (nSPS) is 12.7. The molecule has 1 aromatic heterocycles. The number of Topliss-reactive ketones (excluding diaryl/α,β-unsaturated/α-hetero) is 1. The first-order valence-corrected chi connectivity index (χ1v) is 10.4. The maximum Gasteiger partial charge on any atom is 0.299 e. The molecule has 0 aliphatic carbocycles. The quantitative estimate of drug-likeness (QED) is 0.409. The summed E-state index contributed by atoms with van der Waals surface area (Å²) in [4.78, 5) is 30.9. The maximum absolute atomic E-state index is 12.7. The van der Waals surface area contributed by atoms with E-state index in [-0.39, 0.29) is 0 Å². The first-order chi connectivity index (χ1) is 15.7. The van der Waals surface area contributed by atoms with Gasteiger partial charge >= 0.3 is 0 Å². The first-order valence-electron chi connectivity index (χ1n) is 10.4. The molecule has 0 radical (unpaired) electrons. The number of rotatable bonds is 6. The molecule has 1 aliphatic rings. The minimum absolute atomic E-state index is 0.336. The van der Waals surface area contributed by atoms with Crippen molar-refractivity contribution in [3.63, 3.8) is 0 Å². The maximum atomic E-state index is 12.7. The van der Waals surface area contributed by atoms with E-state index in [2.05, 4.69) is 17.1 Å². The van der Waals surface area contributed by atoms with Crippen LogP contribution in [0.15, 0.2) is 97.3 Å². The van der Waals surface area contributed by atoms with Crippen molar-refractivity contribution in [1.29, 1.82) is 0 Å². The van der Waals surface area contributed by atoms with Crippen LogP contribution in [0.3, 0.4) is 0 Å². The van der Waals surface area contributed by atoms with Gasteiger partial charge in [0.1, 0.15) is 12.4 Å². The van der Waals surface area contributed by atoms with Crippen LogP contribution in [-0.4, -0.2) is 16.7 Å². The summed E-state index contributed by atoms with van der Waals surface area (Å²) in [5.41, 5.74) is 5.11. The lowest BCUT2D eigenvalue weighted by atomic mass is 10.0. The summed E-state index contributed by atoms with van der Waals surface area (Å²) in [6.07, 6.45) is 3.43. The SMILES string of the molecule is O=C1C(=O)N(Cc2ccc(-c3ccccc3)cc2)c2ccc(OCc3cccnc3)cc21. The van der Waals surface area contributed by atoms with E-state index in [0.29, 0.717) is 30.2 Å². The Morgan fingerprint density at radius 1 is 0.781 bits per heavy atom. The van der Waals surface area contributed by atoms with E-state index in [0.717, 1.165) is 22.3 Å². The topological polar surface area (TPSA) is 59.5 Å². The van der Waals surface area contributed by atoms with Gasteiger partial charge in [-0.15, -0.1) is 0 Å². The molecule has 3 aromatic carbocycles. The Balaban J connectivity index is 1.33. The Labute approximate surface area is 185 Å². The standard InChI is InChI=1S/C27H20N2O3/c30-26-24-15-23(32-18-20-5-4-14-28-16-20)12-13-25(24)29(27(26)31)17-19-8-10-22(11-9-19)21-6-2-1-3-7-21/h1-16H,17-18H2. The average Bonchev–Trinajstić information content (AvgIpc) is 3.09. The summed E-state index contributed by atoms with van der Waals surface area (Å²) in [5.74, 6) is -0.480. The summed E-state index contributed by atoms with van der Waals surface area (Å²) >= 11 is 0. The van der Waals surface area contributed by atoms with Crippen LogP contribution in [0.4, 0.5) is 5.69 Å². The third kappa shape index (κ3) is 3.88. The molecule has 1 amide bonds. The summed E-state index contributed by atoms with van der Waals surface area (Å²) < 4.78 is 5.79. The number of hydrogen-bond acceptors (Lipinski definition) is 4. The number of ketones is 1. The zero-order chi connectivity index (χ0) is 21.9. The Hall–Kier alpha value is -4.25. The van der Waals surface area contributed by atoms with E-state index in [1.54, 1.807) is 30.6 Å². The van der Waals surface area contributed by atoms with E-state index in [1.165, 1.54) is 4.90 Å². The number of nitrogens with zero attached hydrogens (tertiary/aromatic N) is 2. The lowest BCUT2D eigenvalue weighted by Crippen LogP contribution is -2.29. The number of hydrogen-bond donors (Lipinski definition) is 0. The zero-order valence-corrected chi connectivity index (χ0v) is 17.3. The first kappa shape index (κ1) is 19.7. The van der Waals surface area contributed by atoms with Crippen LogP contribution in [0.25, 0.3) is 11.1 Å². The van der Waals surface area contributed by atoms with E-state index in [4.69, 9.17) is 4.74 Å². The summed E-state index contributed by atoms with van der Waals surface area (Å²) in [7, 11) is 0. The van der Waals surface area contributed by atoms with Gasteiger partial charge in [-0.2, -0.15) is 0 Å². The van der Waals surface area contributed by atoms with E-state index < -0.39 is 11.7 Å². The highest BCUT2D eigenvalue weighted by atomic mass is 16.5. The van der Waals surface area contributed by atoms with Gasteiger partial charge in [-0.25, -0.2) is 0 Å². The van der Waals surface area contributed by atoms with Crippen molar-refractivity contribution >= 4 is 17.4 Å². The fraction of sp³-hybridized carbons (Fsp3) is 0.0741. The molecule has 32 heavy (non-hydrogen) atoms. The van der Waals surface area contributed by atoms with Gasteiger partial charge in [0.15, 0.2) is 0 Å². The van der Waals surface area contributed by atoms with Crippen LogP contribution in [0, 0.1) is 0 Å². The number of carbonyl (C=O) groups is 2. The lowest BCUT2D eigenvalue weighted by molar-refractivity contribution is -0.114. The van der Waals surface area contributed by atoms with Crippen LogP contribution in [0.5, 0.6) is 5.75 Å². The molecule has 4 aromatic rings. The molecule has 1 aliphatic heterocycles. The Morgan fingerprint density at radius 2 is 1.56 bits per heavy atom. The number of pyridine rings is 1. The molecule has 0 spiro atoms. The molecule has 5 nitrogen and oxygen atoms in total. The Morgan fingerprint density at radius 3 is 2.31 bits per heavy atom. The highest BCUT2D eigenvalue weighted by Crippen LogP contribution is 2.33. The van der Waals surface area contributed by atoms with Crippen molar-refractivity contribution < 1.29 is 14.3 Å². The molecule has 0 saturated carbocycles. The van der Waals surface area contributed by atoms with Gasteiger partial charge in [0.05, 0.1) is 17.8 Å². The Kier molecular flexibility index (Phi) is 5.22. The summed E-state index contributed by atoms with van der Waals surface area (Å²) in [6.45, 7) is 0.675. The van der Waals surface area contributed by atoms with Gasteiger partial charge in [0, 0.05) is 18.0 Å². The molecule has 0 saturated heterocycles. The van der Waals surface area contributed by atoms with Crippen LogP contribution in [-0.2, 0) is 17.9 Å². The van der Waals surface area contributed by atoms with Crippen LogP contribution >= 0.6 is 0 Å². The number of amides is 1. The van der Waals surface area contributed by atoms with Crippen molar-refractivity contribution in [2.75, 3.05) is 4.90 Å². The fourth-order valence-electron chi connectivity index (χ4n) is 3.79. The van der Waals surface area contributed by atoms with E-state index in [1.807, 2.05) is 54.6 Å². The number of fused-ring (bicyclic) bond motifs is 1. The number of benzene rings is 3. The van der Waals surface area contributed by atoms with Crippen LogP contribution in [0.1, 0.15) is 21.5 Å². The van der Waals surface area contributed by atoms with Crippen LogP contribution in [0.2, 0.25) is 0 Å². The summed E-state index contributed by atoms with van der Waals surface area (Å²) in [5, 5.41) is 0. The number of ether oxygens (including phenoxy) is 1. The van der Waals surface area contributed by atoms with Crippen molar-refractivity contribution in [3.05, 3.63) is 114 Å². The van der Waals surface area contributed by atoms with E-state index >= 15 is 0 Å². The van der Waals surface area contributed by atoms with E-state index in [9.17, 15) is 9.59 Å². The predicted molar refractivity (Wildman–Crippen MR) is 122 cm³/mol. The molecule has 0 N–H and O–H groups in total. The number of anilines is 1. The minimum Gasteiger partial charge on any atom is -0.489 e. The van der Waals surface area contributed by atoms with Gasteiger partial charge in [0.2, 0.25) is 0 Å². The molecule has 0 atom stereocenters. The van der Waals surface area contributed by atoms with Crippen molar-refractivity contribution in [2.45, 2.75) is 13.2 Å². The monoisotopic (exact) mass is 420 g/mol. The van der Waals surface area contributed by atoms with Crippen LogP contribution < -0.4 is 9.64 Å². The van der Waals surface area contributed by atoms with Gasteiger partial charge < -0.3 is 9.64 Å². The molecule has 5 rings (SSSR count). The van der Waals surface area contributed by atoms with Crippen molar-refractivity contribution in [2.24, 2.45) is 0 Å². The van der Waals surface area contributed by atoms with Gasteiger partial charge in [-0.3, -0.25) is 14.6 Å². The number of carbonyl (C=O) groups excluding carboxylic acids is 2. The lowest BCUT2D eigenvalue weighted by Gasteiger charge is -2.17. The van der Waals surface area contributed by atoms with Crippen molar-refractivity contribution in [1.82, 2.24) is 4.98 Å². The number of aromatic nitrogens is 1. The largest absolute Gasteiger partial charge is 0.489 e. The smallest absolute Gasteiger partial charge is 0.299 e. The van der Waals surface area contributed by atoms with Crippen molar-refractivity contribution in [3.8, 4) is 16.9 Å². The molecule has 2 heterocycles. The molecular formula is C27H20N2O3. The molecule has 5 heteroatoms. The molecule has 0 unspecified atom stereocenters. The molecule has 0 bridgehead atoms. The molecule has 156 valence electrons. The second-order valence-corrected chi connectivity index (χ2v) is 7.61. The Bertz CT molecular complexity index is 1270. The highest BCUT2D eigenvalue weighted by molar-refractivity contribution is 6.52. The summed E-state index contributed by atoms with van der Waals surface area (Å²) in [6, 6.07) is 27.1. The van der Waals surface area contributed by atoms with Gasteiger partial charge in [0.25, 0.3) is 11.7 Å². The molecule has 0 fully saturated rings. The highest BCUT2D eigenvalue weighted by Gasteiger charge is 2.36. The predicted octanol–water partition coefficient (Wildman–Crippen LogP) is 5.06. The second kappa shape index (κ2) is 8.47.